The van der Waals surface area contributed by atoms with Gasteiger partial charge in [-0.05, 0) is 44.7 Å². The smallest absolute Gasteiger partial charge is 0.236 e. The van der Waals surface area contributed by atoms with Crippen molar-refractivity contribution in [3.63, 3.8) is 0 Å². The minimum Gasteiger partial charge on any atom is -0.440 e. The lowest BCUT2D eigenvalue weighted by atomic mass is 10.1. The number of hydrogen-bond donors (Lipinski definition) is 0. The zero-order chi connectivity index (χ0) is 15.8. The molecule has 1 aliphatic rings. The van der Waals surface area contributed by atoms with Gasteiger partial charge < -0.3 is 4.42 Å². The fourth-order valence-corrected chi connectivity index (χ4v) is 3.79. The maximum absolute atomic E-state index is 5.85. The van der Waals surface area contributed by atoms with Crippen LogP contribution in [0.5, 0.6) is 0 Å². The molecule has 0 spiro atoms. The molecule has 23 heavy (non-hydrogen) atoms. The minimum atomic E-state index is 0.252. The van der Waals surface area contributed by atoms with Crippen molar-refractivity contribution in [3.05, 3.63) is 40.4 Å². The number of aromatic nitrogens is 3. The van der Waals surface area contributed by atoms with Crippen molar-refractivity contribution in [2.45, 2.75) is 39.3 Å². The lowest BCUT2D eigenvalue weighted by Gasteiger charge is -2.21. The molecule has 0 aromatic carbocycles. The van der Waals surface area contributed by atoms with Crippen LogP contribution in [-0.2, 0) is 6.54 Å². The number of oxazole rings is 1. The molecule has 3 aromatic heterocycles. The highest BCUT2D eigenvalue weighted by Gasteiger charge is 2.31. The molecule has 120 valence electrons. The number of rotatable bonds is 4. The molecule has 1 atom stereocenters. The molecule has 6 nitrogen and oxygen atoms in total. The monoisotopic (exact) mass is 330 g/mol. The third-order valence-electron chi connectivity index (χ3n) is 4.34. The summed E-state index contributed by atoms with van der Waals surface area (Å²) in [6, 6.07) is 4.29. The van der Waals surface area contributed by atoms with Gasteiger partial charge in [0.15, 0.2) is 0 Å². The molecule has 0 N–H and O–H groups in total. The average Bonchev–Trinajstić information content (AvgIpc) is 3.28. The second-order valence-electron chi connectivity index (χ2n) is 5.86. The summed E-state index contributed by atoms with van der Waals surface area (Å²) in [5, 5.41) is 10.0. The summed E-state index contributed by atoms with van der Waals surface area (Å²) in [6.45, 7) is 5.71. The Kier molecular flexibility index (Phi) is 3.74. The van der Waals surface area contributed by atoms with Crippen LogP contribution in [0, 0.1) is 13.8 Å². The van der Waals surface area contributed by atoms with Crippen LogP contribution in [0.25, 0.3) is 10.8 Å². The quantitative estimate of drug-likeness (QED) is 0.726. The van der Waals surface area contributed by atoms with Gasteiger partial charge in [0.2, 0.25) is 5.89 Å². The van der Waals surface area contributed by atoms with Crippen LogP contribution in [0.4, 0.5) is 0 Å². The van der Waals surface area contributed by atoms with Gasteiger partial charge in [0.25, 0.3) is 0 Å². The number of aryl methyl sites for hydroxylation is 2. The summed E-state index contributed by atoms with van der Waals surface area (Å²) in [5.41, 5.74) is 2.81. The summed E-state index contributed by atoms with van der Waals surface area (Å²) < 4.78 is 10.7. The van der Waals surface area contributed by atoms with E-state index in [-0.39, 0.29) is 6.04 Å². The third kappa shape index (κ3) is 2.70. The molecular weight excluding hydrogens is 312 g/mol. The third-order valence-corrected chi connectivity index (χ3v) is 5.20. The van der Waals surface area contributed by atoms with Gasteiger partial charge >= 0.3 is 0 Å². The fourth-order valence-electron chi connectivity index (χ4n) is 3.14. The number of hydrogen-bond acceptors (Lipinski definition) is 7. The molecular formula is C16H18N4O2S. The zero-order valence-electron chi connectivity index (χ0n) is 13.2. The van der Waals surface area contributed by atoms with Crippen molar-refractivity contribution in [2.24, 2.45) is 0 Å². The van der Waals surface area contributed by atoms with Gasteiger partial charge in [-0.15, -0.1) is 11.3 Å². The number of likely N-dealkylation sites (tertiary alicyclic amines) is 1. The molecule has 0 radical (unpaired) electrons. The summed E-state index contributed by atoms with van der Waals surface area (Å²) in [6.07, 6.45) is 2.22. The van der Waals surface area contributed by atoms with E-state index in [4.69, 9.17) is 14.0 Å². The highest BCUT2D eigenvalue weighted by molar-refractivity contribution is 7.13. The Hall–Kier alpha value is -1.99. The van der Waals surface area contributed by atoms with Crippen LogP contribution >= 0.6 is 11.3 Å². The highest BCUT2D eigenvalue weighted by atomic mass is 32.1. The predicted molar refractivity (Wildman–Crippen MR) is 86.0 cm³/mol. The van der Waals surface area contributed by atoms with Crippen LogP contribution < -0.4 is 0 Å². The normalized spacial score (nSPS) is 18.8. The van der Waals surface area contributed by atoms with Gasteiger partial charge in [0.1, 0.15) is 17.1 Å². The lowest BCUT2D eigenvalue weighted by Crippen LogP contribution is -2.24. The second-order valence-corrected chi connectivity index (χ2v) is 6.81. The van der Waals surface area contributed by atoms with Gasteiger partial charge in [0.05, 0.1) is 16.6 Å². The molecule has 1 saturated heterocycles. The van der Waals surface area contributed by atoms with E-state index in [2.05, 4.69) is 15.2 Å². The summed E-state index contributed by atoms with van der Waals surface area (Å²) in [7, 11) is 0. The Morgan fingerprint density at radius 1 is 1.35 bits per heavy atom. The van der Waals surface area contributed by atoms with Crippen molar-refractivity contribution in [1.82, 2.24) is 20.2 Å². The second kappa shape index (κ2) is 5.90. The molecule has 0 bridgehead atoms. The fraction of sp³-hybridized carbons (Fsp3) is 0.438. The van der Waals surface area contributed by atoms with E-state index in [1.54, 1.807) is 11.3 Å². The summed E-state index contributed by atoms with van der Waals surface area (Å²) in [5.74, 6) is 1.59. The highest BCUT2D eigenvalue weighted by Crippen LogP contribution is 2.34. The van der Waals surface area contributed by atoms with E-state index >= 15 is 0 Å². The van der Waals surface area contributed by atoms with Gasteiger partial charge in [-0.1, -0.05) is 16.4 Å². The maximum Gasteiger partial charge on any atom is 0.236 e. The zero-order valence-corrected chi connectivity index (χ0v) is 14.0. The molecule has 0 aliphatic carbocycles. The average molecular weight is 330 g/mol. The van der Waals surface area contributed by atoms with Gasteiger partial charge in [-0.3, -0.25) is 4.90 Å². The first-order valence-electron chi connectivity index (χ1n) is 7.75. The summed E-state index contributed by atoms with van der Waals surface area (Å²) >= 11 is 1.64. The molecule has 1 aliphatic heterocycles. The molecule has 3 aromatic rings. The maximum atomic E-state index is 5.85. The minimum absolute atomic E-state index is 0.252. The number of nitrogens with zero attached hydrogens (tertiary/aromatic N) is 4. The standard InChI is InChI=1S/C16H18N4O2S/c1-10-15(19-22-18-10)13-5-3-7-20(13)9-12-11(2)21-16(17-12)14-6-4-8-23-14/h4,6,8,13H,3,5,7,9H2,1-2H3. The van der Waals surface area contributed by atoms with E-state index < -0.39 is 0 Å². The van der Waals surface area contributed by atoms with Crippen molar-refractivity contribution < 1.29 is 9.05 Å². The number of thiophene rings is 1. The van der Waals surface area contributed by atoms with E-state index in [1.165, 1.54) is 0 Å². The first-order chi connectivity index (χ1) is 11.2. The Labute approximate surface area is 138 Å². The van der Waals surface area contributed by atoms with E-state index in [1.807, 2.05) is 31.4 Å². The summed E-state index contributed by atoms with van der Waals surface area (Å²) in [4.78, 5) is 8.14. The first kappa shape index (κ1) is 14.6. The van der Waals surface area contributed by atoms with E-state index in [9.17, 15) is 0 Å². The SMILES string of the molecule is Cc1nonc1C1CCCN1Cc1nc(-c2cccs2)oc1C. The van der Waals surface area contributed by atoms with Crippen molar-refractivity contribution in [3.8, 4) is 10.8 Å². The van der Waals surface area contributed by atoms with E-state index in [0.29, 0.717) is 5.89 Å². The van der Waals surface area contributed by atoms with Crippen LogP contribution in [-0.4, -0.2) is 26.7 Å². The molecule has 0 amide bonds. The van der Waals surface area contributed by atoms with Crippen molar-refractivity contribution >= 4 is 11.3 Å². The van der Waals surface area contributed by atoms with Gasteiger partial charge in [-0.25, -0.2) is 9.61 Å². The van der Waals surface area contributed by atoms with E-state index in [0.717, 1.165) is 53.7 Å². The van der Waals surface area contributed by atoms with Gasteiger partial charge in [-0.2, -0.15) is 0 Å². The van der Waals surface area contributed by atoms with Crippen molar-refractivity contribution in [1.29, 1.82) is 0 Å². The molecule has 4 rings (SSSR count). The Balaban J connectivity index is 1.57. The topological polar surface area (TPSA) is 68.2 Å². The largest absolute Gasteiger partial charge is 0.440 e. The molecule has 1 fully saturated rings. The Morgan fingerprint density at radius 3 is 3.00 bits per heavy atom. The molecule has 0 saturated carbocycles. The molecule has 4 heterocycles. The molecule has 7 heteroatoms. The predicted octanol–water partition coefficient (Wildman–Crippen LogP) is 3.74. The lowest BCUT2D eigenvalue weighted by molar-refractivity contribution is 0.228. The van der Waals surface area contributed by atoms with Crippen LogP contribution in [0.3, 0.4) is 0 Å². The first-order valence-corrected chi connectivity index (χ1v) is 8.63. The molecule has 1 unspecified atom stereocenters. The van der Waals surface area contributed by atoms with Crippen LogP contribution in [0.2, 0.25) is 0 Å². The Morgan fingerprint density at radius 2 is 2.26 bits per heavy atom. The Bertz CT molecular complexity index is 793. The van der Waals surface area contributed by atoms with Crippen LogP contribution in [0.1, 0.15) is 41.7 Å². The van der Waals surface area contributed by atoms with Gasteiger partial charge in [0, 0.05) is 6.54 Å². The van der Waals surface area contributed by atoms with Crippen LogP contribution in [0.15, 0.2) is 26.6 Å². The van der Waals surface area contributed by atoms with Crippen molar-refractivity contribution in [2.75, 3.05) is 6.54 Å².